The van der Waals surface area contributed by atoms with E-state index in [1.54, 1.807) is 0 Å². The third-order valence-electron chi connectivity index (χ3n) is 7.00. The highest BCUT2D eigenvalue weighted by Gasteiger charge is 2.32. The lowest BCUT2D eigenvalue weighted by atomic mass is 9.82. The van der Waals surface area contributed by atoms with Crippen LogP contribution in [0.25, 0.3) is 0 Å². The van der Waals surface area contributed by atoms with E-state index in [0.717, 1.165) is 12.1 Å². The van der Waals surface area contributed by atoms with Crippen LogP contribution >= 0.6 is 0 Å². The number of phenols is 2. The van der Waals surface area contributed by atoms with Gasteiger partial charge in [0.2, 0.25) is 0 Å². The van der Waals surface area contributed by atoms with Gasteiger partial charge in [-0.25, -0.2) is 19.2 Å². The summed E-state index contributed by atoms with van der Waals surface area (Å²) in [5.41, 5.74) is -0.142. The van der Waals surface area contributed by atoms with Crippen LogP contribution < -0.4 is 9.47 Å². The lowest BCUT2D eigenvalue weighted by Crippen LogP contribution is -2.30. The topological polar surface area (TPSA) is 198 Å². The molecule has 0 aromatic heterocycles. The normalized spacial score (nSPS) is 15.3. The van der Waals surface area contributed by atoms with Gasteiger partial charge in [-0.05, 0) is 75.9 Å². The predicted octanol–water partition coefficient (Wildman–Crippen LogP) is 3.97. The molecule has 0 atom stereocenters. The van der Waals surface area contributed by atoms with Crippen molar-refractivity contribution in [3.05, 3.63) is 71.8 Å². The first-order chi connectivity index (χ1) is 22.8. The molecule has 0 bridgehead atoms. The van der Waals surface area contributed by atoms with Crippen LogP contribution in [0, 0.1) is 11.8 Å². The van der Waals surface area contributed by atoms with Crippen molar-refractivity contribution < 1.29 is 67.4 Å². The second-order valence-electron chi connectivity index (χ2n) is 10.9. The summed E-state index contributed by atoms with van der Waals surface area (Å²) in [7, 11) is 0. The second-order valence-corrected chi connectivity index (χ2v) is 10.9. The minimum atomic E-state index is -0.921. The van der Waals surface area contributed by atoms with Crippen molar-refractivity contribution in [1.29, 1.82) is 0 Å². The van der Waals surface area contributed by atoms with Gasteiger partial charge in [-0.1, -0.05) is 13.2 Å². The van der Waals surface area contributed by atoms with Gasteiger partial charge in [-0.2, -0.15) is 0 Å². The molecule has 48 heavy (non-hydrogen) atoms. The zero-order valence-corrected chi connectivity index (χ0v) is 26.5. The van der Waals surface area contributed by atoms with Gasteiger partial charge in [0.15, 0.2) is 0 Å². The molecule has 0 spiro atoms. The number of aromatic hydroxyl groups is 2. The smallest absolute Gasteiger partial charge is 0.342 e. The number of hydrogen-bond acceptors (Lipinski definition) is 14. The number of phenolic OH excluding ortho intramolecular Hbond substituents is 2. The summed E-state index contributed by atoms with van der Waals surface area (Å²) in [6.45, 7) is 8.83. The summed E-state index contributed by atoms with van der Waals surface area (Å²) in [6.07, 6.45) is 1.21. The number of ether oxygens (including phenoxy) is 6. The zero-order chi connectivity index (χ0) is 35.4. The number of hydrogen-bond donors (Lipinski definition) is 2. The second kappa shape index (κ2) is 17.3. The molecule has 0 aliphatic heterocycles. The van der Waals surface area contributed by atoms with E-state index in [1.807, 2.05) is 0 Å². The van der Waals surface area contributed by atoms with E-state index in [2.05, 4.69) is 13.2 Å². The van der Waals surface area contributed by atoms with E-state index in [9.17, 15) is 39.0 Å². The average molecular weight is 669 g/mol. The maximum atomic E-state index is 12.9. The molecule has 0 unspecified atom stereocenters. The lowest BCUT2D eigenvalue weighted by Gasteiger charge is -2.26. The minimum absolute atomic E-state index is 0.00507. The summed E-state index contributed by atoms with van der Waals surface area (Å²) in [5, 5.41) is 20.2. The highest BCUT2D eigenvalue weighted by atomic mass is 16.6. The van der Waals surface area contributed by atoms with Crippen molar-refractivity contribution in [3.63, 3.8) is 0 Å². The van der Waals surface area contributed by atoms with E-state index in [0.29, 0.717) is 25.7 Å². The van der Waals surface area contributed by atoms with E-state index >= 15 is 0 Å². The summed E-state index contributed by atoms with van der Waals surface area (Å²) in [6, 6.07) is 7.26. The molecule has 2 aromatic carbocycles. The Bertz CT molecular complexity index is 1460. The van der Waals surface area contributed by atoms with Gasteiger partial charge in [0.1, 0.15) is 60.6 Å². The monoisotopic (exact) mass is 668 g/mol. The van der Waals surface area contributed by atoms with Gasteiger partial charge in [0.25, 0.3) is 0 Å². The SMILES string of the molecule is C=C(C)C(=O)OCCOC(=O)c1cc(OC(=O)C2CCC(C(=O)Oc3ccc(O)c(C(=O)OCCOC(=O)C(=C)C)c3)CC2)ccc1O. The first-order valence-electron chi connectivity index (χ1n) is 14.9. The molecule has 3 rings (SSSR count). The Kier molecular flexibility index (Phi) is 13.3. The van der Waals surface area contributed by atoms with Crippen LogP contribution in [0.3, 0.4) is 0 Å². The maximum absolute atomic E-state index is 12.9. The molecular formula is C34H36O14. The molecule has 1 saturated carbocycles. The van der Waals surface area contributed by atoms with Crippen molar-refractivity contribution in [2.24, 2.45) is 11.8 Å². The van der Waals surface area contributed by atoms with E-state index in [1.165, 1.54) is 38.1 Å². The molecule has 14 heteroatoms. The Balaban J connectivity index is 1.48. The fraction of sp³-hybridized carbons (Fsp3) is 0.353. The Morgan fingerprint density at radius 1 is 0.604 bits per heavy atom. The van der Waals surface area contributed by atoms with Crippen molar-refractivity contribution in [1.82, 2.24) is 0 Å². The number of carbonyl (C=O) groups is 6. The Labute approximate surface area is 275 Å². The van der Waals surface area contributed by atoms with Crippen LogP contribution in [0.1, 0.15) is 60.2 Å². The van der Waals surface area contributed by atoms with E-state index < -0.39 is 59.2 Å². The fourth-order valence-electron chi connectivity index (χ4n) is 4.39. The van der Waals surface area contributed by atoms with Gasteiger partial charge in [-0.3, -0.25) is 9.59 Å². The molecular weight excluding hydrogens is 632 g/mol. The quantitative estimate of drug-likeness (QED) is 0.0964. The summed E-state index contributed by atoms with van der Waals surface area (Å²) in [4.78, 5) is 73.3. The highest BCUT2D eigenvalue weighted by molar-refractivity contribution is 5.94. The van der Waals surface area contributed by atoms with Crippen LogP contribution in [-0.2, 0) is 38.1 Å². The van der Waals surface area contributed by atoms with Gasteiger partial charge in [0, 0.05) is 11.1 Å². The summed E-state index contributed by atoms with van der Waals surface area (Å²) >= 11 is 0. The van der Waals surface area contributed by atoms with Gasteiger partial charge >= 0.3 is 35.8 Å². The maximum Gasteiger partial charge on any atom is 0.342 e. The fourth-order valence-corrected chi connectivity index (χ4v) is 4.39. The predicted molar refractivity (Wildman–Crippen MR) is 165 cm³/mol. The molecule has 0 saturated heterocycles. The van der Waals surface area contributed by atoms with Gasteiger partial charge in [-0.15, -0.1) is 0 Å². The Morgan fingerprint density at radius 2 is 0.938 bits per heavy atom. The first kappa shape index (κ1) is 36.8. The molecule has 2 N–H and O–H groups in total. The van der Waals surface area contributed by atoms with Gasteiger partial charge < -0.3 is 38.6 Å². The number of carbonyl (C=O) groups excluding carboxylic acids is 6. The summed E-state index contributed by atoms with van der Waals surface area (Å²) < 4.78 is 30.6. The average Bonchev–Trinajstić information content (AvgIpc) is 3.06. The van der Waals surface area contributed by atoms with Crippen molar-refractivity contribution >= 4 is 35.8 Å². The molecule has 1 aliphatic rings. The van der Waals surface area contributed by atoms with Crippen molar-refractivity contribution in [3.8, 4) is 23.0 Å². The molecule has 0 radical (unpaired) electrons. The number of benzene rings is 2. The Morgan fingerprint density at radius 3 is 1.27 bits per heavy atom. The third kappa shape index (κ3) is 10.7. The minimum Gasteiger partial charge on any atom is -0.507 e. The molecule has 1 aliphatic carbocycles. The largest absolute Gasteiger partial charge is 0.507 e. The van der Waals surface area contributed by atoms with Crippen molar-refractivity contribution in [2.75, 3.05) is 26.4 Å². The van der Waals surface area contributed by atoms with E-state index in [4.69, 9.17) is 28.4 Å². The van der Waals surface area contributed by atoms with Crippen LogP contribution in [0.5, 0.6) is 23.0 Å². The van der Waals surface area contributed by atoms with Crippen LogP contribution in [0.15, 0.2) is 60.7 Å². The molecule has 1 fully saturated rings. The molecule has 0 heterocycles. The standard InChI is InChI=1S/C34H36O14/c1-19(2)29(37)43-13-15-45-33(41)25-17-23(9-11-27(25)35)47-31(39)21-5-7-22(8-6-21)32(40)48-24-10-12-28(36)26(18-24)34(42)46-16-14-44-30(38)20(3)4/h9-12,17-18,21-22,35-36H,1,3,5-8,13-16H2,2,4H3. The molecule has 2 aromatic rings. The number of esters is 6. The zero-order valence-electron chi connectivity index (χ0n) is 26.5. The highest BCUT2D eigenvalue weighted by Crippen LogP contribution is 2.33. The van der Waals surface area contributed by atoms with Crippen LogP contribution in [-0.4, -0.2) is 72.5 Å². The number of rotatable bonds is 14. The van der Waals surface area contributed by atoms with E-state index in [-0.39, 0.29) is 60.2 Å². The lowest BCUT2D eigenvalue weighted by molar-refractivity contribution is -0.145. The van der Waals surface area contributed by atoms with Crippen LogP contribution in [0.4, 0.5) is 0 Å². The Hall–Kier alpha value is -5.66. The molecule has 14 nitrogen and oxygen atoms in total. The third-order valence-corrected chi connectivity index (χ3v) is 7.00. The van der Waals surface area contributed by atoms with Gasteiger partial charge in [0.05, 0.1) is 11.8 Å². The molecule has 256 valence electrons. The first-order valence-corrected chi connectivity index (χ1v) is 14.9. The van der Waals surface area contributed by atoms with Crippen molar-refractivity contribution in [2.45, 2.75) is 39.5 Å². The summed E-state index contributed by atoms with van der Waals surface area (Å²) in [5.74, 6) is -6.22. The molecule has 0 amide bonds. The van der Waals surface area contributed by atoms with Crippen LogP contribution in [0.2, 0.25) is 0 Å².